The van der Waals surface area contributed by atoms with Crippen molar-refractivity contribution in [3.05, 3.63) is 34.9 Å². The van der Waals surface area contributed by atoms with E-state index in [4.69, 9.17) is 21.6 Å². The summed E-state index contributed by atoms with van der Waals surface area (Å²) in [6.45, 7) is 2.92. The Morgan fingerprint density at radius 2 is 2.00 bits per heavy atom. The van der Waals surface area contributed by atoms with Crippen LogP contribution in [0, 0.1) is 11.3 Å². The van der Waals surface area contributed by atoms with Gasteiger partial charge in [0.25, 0.3) is 5.91 Å². The maximum atomic E-state index is 11.9. The molecule has 0 aliphatic carbocycles. The maximum Gasteiger partial charge on any atom is 0.329 e. The summed E-state index contributed by atoms with van der Waals surface area (Å²) in [5.41, 5.74) is 0.275. The number of hydrogen-bond acceptors (Lipinski definition) is 4. The predicted octanol–water partition coefficient (Wildman–Crippen LogP) is 1.91. The van der Waals surface area contributed by atoms with Crippen molar-refractivity contribution in [2.24, 2.45) is 0 Å². The summed E-state index contributed by atoms with van der Waals surface area (Å²) in [6.07, 6.45) is -0.854. The number of ether oxygens (including phenoxy) is 1. The smallest absolute Gasteiger partial charge is 0.329 e. The number of nitrogens with zero attached hydrogens (tertiary/aromatic N) is 1. The van der Waals surface area contributed by atoms with Crippen LogP contribution in [0.15, 0.2) is 24.3 Å². The molecule has 0 bridgehead atoms. The second-order valence-electron chi connectivity index (χ2n) is 3.88. The van der Waals surface area contributed by atoms with Crippen molar-refractivity contribution in [1.29, 1.82) is 5.26 Å². The zero-order chi connectivity index (χ0) is 14.4. The molecular formula is C13H13ClN2O3. The van der Waals surface area contributed by atoms with Crippen LogP contribution in [0.2, 0.25) is 5.02 Å². The molecular weight excluding hydrogens is 268 g/mol. The van der Waals surface area contributed by atoms with E-state index < -0.39 is 24.0 Å². The molecule has 0 radical (unpaired) electrons. The van der Waals surface area contributed by atoms with Gasteiger partial charge in [0.15, 0.2) is 6.10 Å². The lowest BCUT2D eigenvalue weighted by molar-refractivity contribution is -0.147. The minimum Gasteiger partial charge on any atom is -0.446 e. The van der Waals surface area contributed by atoms with E-state index in [2.05, 4.69) is 5.32 Å². The fraction of sp³-hybridized carbons (Fsp3) is 0.308. The highest BCUT2D eigenvalue weighted by Crippen LogP contribution is 2.14. The lowest BCUT2D eigenvalue weighted by atomic mass is 10.2. The van der Waals surface area contributed by atoms with Crippen LogP contribution in [0.5, 0.6) is 0 Å². The number of benzene rings is 1. The number of carbonyl (C=O) groups is 2. The number of nitriles is 1. The van der Waals surface area contributed by atoms with Gasteiger partial charge in [0.2, 0.25) is 0 Å². The van der Waals surface area contributed by atoms with Crippen LogP contribution in [0.1, 0.15) is 24.2 Å². The highest BCUT2D eigenvalue weighted by molar-refractivity contribution is 6.33. The largest absolute Gasteiger partial charge is 0.446 e. The molecule has 0 heterocycles. The zero-order valence-electron chi connectivity index (χ0n) is 10.5. The van der Waals surface area contributed by atoms with Gasteiger partial charge in [-0.2, -0.15) is 5.26 Å². The highest BCUT2D eigenvalue weighted by atomic mass is 35.5. The molecule has 0 unspecified atom stereocenters. The summed E-state index contributed by atoms with van der Waals surface area (Å²) in [5.74, 6) is -1.14. The quantitative estimate of drug-likeness (QED) is 0.855. The van der Waals surface area contributed by atoms with Gasteiger partial charge < -0.3 is 10.1 Å². The number of amides is 1. The monoisotopic (exact) mass is 280 g/mol. The minimum absolute atomic E-state index is 0.275. The summed E-state index contributed by atoms with van der Waals surface area (Å²) in [4.78, 5) is 23.4. The Hall–Kier alpha value is -2.06. The van der Waals surface area contributed by atoms with E-state index in [0.29, 0.717) is 5.02 Å². The van der Waals surface area contributed by atoms with Crippen LogP contribution in [-0.4, -0.2) is 24.0 Å². The molecule has 1 amide bonds. The Kier molecular flexibility index (Phi) is 5.34. The van der Waals surface area contributed by atoms with Crippen LogP contribution >= 0.6 is 11.6 Å². The first-order chi connectivity index (χ1) is 8.95. The Morgan fingerprint density at radius 1 is 1.37 bits per heavy atom. The summed E-state index contributed by atoms with van der Waals surface area (Å²) in [7, 11) is 0. The van der Waals surface area contributed by atoms with E-state index in [0.717, 1.165) is 0 Å². The molecule has 2 atom stereocenters. The molecule has 0 fully saturated rings. The fourth-order valence-corrected chi connectivity index (χ4v) is 1.50. The summed E-state index contributed by atoms with van der Waals surface area (Å²) >= 11 is 5.87. The van der Waals surface area contributed by atoms with Crippen LogP contribution in [0.25, 0.3) is 0 Å². The number of carbonyl (C=O) groups excluding carboxylic acids is 2. The molecule has 1 aromatic rings. The molecule has 100 valence electrons. The number of halogens is 1. The number of rotatable bonds is 4. The molecule has 0 aromatic heterocycles. The molecule has 0 aliphatic heterocycles. The van der Waals surface area contributed by atoms with Gasteiger partial charge >= 0.3 is 5.97 Å². The number of hydrogen-bond donors (Lipinski definition) is 1. The van der Waals surface area contributed by atoms with Crippen molar-refractivity contribution in [3.8, 4) is 6.07 Å². The van der Waals surface area contributed by atoms with Gasteiger partial charge in [-0.1, -0.05) is 23.7 Å². The van der Waals surface area contributed by atoms with Gasteiger partial charge in [-0.15, -0.1) is 0 Å². The van der Waals surface area contributed by atoms with Crippen molar-refractivity contribution < 1.29 is 14.3 Å². The summed E-state index contributed by atoms with van der Waals surface area (Å²) in [5, 5.41) is 11.3. The SMILES string of the molecule is C[C@H](NC(=O)c1ccccc1Cl)C(=O)O[C@@H](C)C#N. The van der Waals surface area contributed by atoms with E-state index in [9.17, 15) is 9.59 Å². The van der Waals surface area contributed by atoms with Crippen LogP contribution in [-0.2, 0) is 9.53 Å². The van der Waals surface area contributed by atoms with Crippen molar-refractivity contribution in [1.82, 2.24) is 5.32 Å². The molecule has 19 heavy (non-hydrogen) atoms. The van der Waals surface area contributed by atoms with E-state index in [1.165, 1.54) is 13.8 Å². The molecule has 0 spiro atoms. The second kappa shape index (κ2) is 6.76. The lowest BCUT2D eigenvalue weighted by Crippen LogP contribution is -2.40. The minimum atomic E-state index is -0.862. The lowest BCUT2D eigenvalue weighted by Gasteiger charge is -2.14. The summed E-state index contributed by atoms with van der Waals surface area (Å²) in [6, 6.07) is 7.40. The molecule has 1 N–H and O–H groups in total. The van der Waals surface area contributed by atoms with Crippen molar-refractivity contribution in [2.75, 3.05) is 0 Å². The number of esters is 1. The van der Waals surface area contributed by atoms with Gasteiger partial charge in [-0.3, -0.25) is 4.79 Å². The average molecular weight is 281 g/mol. The van der Waals surface area contributed by atoms with E-state index >= 15 is 0 Å². The van der Waals surface area contributed by atoms with E-state index in [1.807, 2.05) is 0 Å². The van der Waals surface area contributed by atoms with Crippen molar-refractivity contribution >= 4 is 23.5 Å². The molecule has 1 aromatic carbocycles. The van der Waals surface area contributed by atoms with Crippen LogP contribution in [0.4, 0.5) is 0 Å². The first kappa shape index (κ1) is 15.0. The van der Waals surface area contributed by atoms with Gasteiger partial charge in [-0.25, -0.2) is 4.79 Å². The Bertz CT molecular complexity index is 525. The van der Waals surface area contributed by atoms with Gasteiger partial charge in [0.05, 0.1) is 10.6 Å². The molecule has 5 nitrogen and oxygen atoms in total. The van der Waals surface area contributed by atoms with Crippen LogP contribution < -0.4 is 5.32 Å². The maximum absolute atomic E-state index is 11.9. The normalized spacial score (nSPS) is 12.9. The molecule has 6 heteroatoms. The Balaban J connectivity index is 2.65. The Morgan fingerprint density at radius 3 is 2.58 bits per heavy atom. The third-order valence-electron chi connectivity index (χ3n) is 2.29. The highest BCUT2D eigenvalue weighted by Gasteiger charge is 2.20. The molecule has 1 rings (SSSR count). The van der Waals surface area contributed by atoms with Crippen molar-refractivity contribution in [2.45, 2.75) is 26.0 Å². The summed E-state index contributed by atoms with van der Waals surface area (Å²) < 4.78 is 4.78. The first-order valence-corrected chi connectivity index (χ1v) is 5.99. The number of nitrogens with one attached hydrogen (secondary N) is 1. The third kappa shape index (κ3) is 4.27. The first-order valence-electron chi connectivity index (χ1n) is 5.61. The molecule has 0 saturated carbocycles. The van der Waals surface area contributed by atoms with Crippen LogP contribution in [0.3, 0.4) is 0 Å². The topological polar surface area (TPSA) is 79.2 Å². The van der Waals surface area contributed by atoms with Gasteiger partial charge in [0.1, 0.15) is 12.1 Å². The zero-order valence-corrected chi connectivity index (χ0v) is 11.3. The third-order valence-corrected chi connectivity index (χ3v) is 2.62. The fourth-order valence-electron chi connectivity index (χ4n) is 1.28. The van der Waals surface area contributed by atoms with Crippen molar-refractivity contribution in [3.63, 3.8) is 0 Å². The average Bonchev–Trinajstić information content (AvgIpc) is 2.38. The van der Waals surface area contributed by atoms with E-state index in [1.54, 1.807) is 30.3 Å². The molecule has 0 aliphatic rings. The van der Waals surface area contributed by atoms with E-state index in [-0.39, 0.29) is 5.56 Å². The van der Waals surface area contributed by atoms with Gasteiger partial charge in [-0.05, 0) is 26.0 Å². The van der Waals surface area contributed by atoms with Gasteiger partial charge in [0, 0.05) is 0 Å². The molecule has 0 saturated heterocycles. The standard InChI is InChI=1S/C13H13ClN2O3/c1-8(7-15)19-13(18)9(2)16-12(17)10-5-3-4-6-11(10)14/h3-6,8-9H,1-2H3,(H,16,17)/t8-,9-/m0/s1. The second-order valence-corrected chi connectivity index (χ2v) is 4.29. The predicted molar refractivity (Wildman–Crippen MR) is 69.5 cm³/mol. The Labute approximate surface area is 116 Å².